The number of nitrogens with one attached hydrogen (secondary N) is 2. The fourth-order valence-electron chi connectivity index (χ4n) is 2.26. The van der Waals surface area contributed by atoms with Crippen molar-refractivity contribution in [3.05, 3.63) is 59.9 Å². The largest absolute Gasteiger partial charge is 0.321 e. The quantitative estimate of drug-likeness (QED) is 0.905. The number of nitrogens with zero attached hydrogens (tertiary/aromatic N) is 1. The second kappa shape index (κ2) is 6.01. The Balaban J connectivity index is 1.62. The molecule has 5 heteroatoms. The van der Waals surface area contributed by atoms with Gasteiger partial charge in [0.15, 0.2) is 0 Å². The van der Waals surface area contributed by atoms with Crippen LogP contribution in [-0.4, -0.2) is 29.6 Å². The smallest absolute Gasteiger partial charge is 0.255 e. The summed E-state index contributed by atoms with van der Waals surface area (Å²) >= 11 is 0. The van der Waals surface area contributed by atoms with Crippen molar-refractivity contribution in [3.8, 4) is 0 Å². The van der Waals surface area contributed by atoms with E-state index in [1.165, 1.54) is 0 Å². The fourth-order valence-corrected chi connectivity index (χ4v) is 2.26. The molecule has 108 valence electrons. The van der Waals surface area contributed by atoms with Crippen molar-refractivity contribution >= 4 is 11.6 Å². The summed E-state index contributed by atoms with van der Waals surface area (Å²) in [5.41, 5.74) is 2.25. The summed E-state index contributed by atoms with van der Waals surface area (Å²) in [4.78, 5) is 16.0. The minimum absolute atomic E-state index is 0.0972. The lowest BCUT2D eigenvalue weighted by atomic mass is 9.96. The number of hydrogen-bond acceptors (Lipinski definition) is 3. The first-order chi connectivity index (χ1) is 10.2. The maximum atomic E-state index is 13.2. The summed E-state index contributed by atoms with van der Waals surface area (Å²) in [7, 11) is 0. The molecule has 4 nitrogen and oxygen atoms in total. The fraction of sp³-hybridized carbons (Fsp3) is 0.250. The van der Waals surface area contributed by atoms with Gasteiger partial charge in [-0.25, -0.2) is 4.39 Å². The zero-order chi connectivity index (χ0) is 14.7. The van der Waals surface area contributed by atoms with Crippen LogP contribution in [0.5, 0.6) is 0 Å². The van der Waals surface area contributed by atoms with Gasteiger partial charge in [0.1, 0.15) is 6.17 Å². The Bertz CT molecular complexity index is 615. The van der Waals surface area contributed by atoms with Gasteiger partial charge in [-0.1, -0.05) is 12.1 Å². The molecule has 2 heterocycles. The molecule has 1 amide bonds. The predicted octanol–water partition coefficient (Wildman–Crippen LogP) is 2.19. The Labute approximate surface area is 122 Å². The number of aromatic nitrogens is 1. The number of rotatable bonds is 4. The van der Waals surface area contributed by atoms with E-state index in [-0.39, 0.29) is 11.9 Å². The second-order valence-corrected chi connectivity index (χ2v) is 5.13. The highest BCUT2D eigenvalue weighted by Gasteiger charge is 2.29. The summed E-state index contributed by atoms with van der Waals surface area (Å²) < 4.78 is 13.2. The van der Waals surface area contributed by atoms with Crippen molar-refractivity contribution in [2.24, 2.45) is 0 Å². The molecule has 2 unspecified atom stereocenters. The molecule has 1 aliphatic rings. The van der Waals surface area contributed by atoms with Crippen molar-refractivity contribution in [1.82, 2.24) is 10.3 Å². The third-order valence-electron chi connectivity index (χ3n) is 3.60. The Morgan fingerprint density at radius 1 is 1.33 bits per heavy atom. The summed E-state index contributed by atoms with van der Waals surface area (Å²) in [6, 6.07) is 10.7. The minimum atomic E-state index is -0.765. The number of carbonyl (C=O) groups is 1. The van der Waals surface area contributed by atoms with E-state index >= 15 is 0 Å². The van der Waals surface area contributed by atoms with Gasteiger partial charge in [-0.3, -0.25) is 9.78 Å². The first-order valence-corrected chi connectivity index (χ1v) is 6.90. The molecule has 1 saturated heterocycles. The van der Waals surface area contributed by atoms with Crippen LogP contribution in [0, 0.1) is 0 Å². The van der Waals surface area contributed by atoms with E-state index in [1.54, 1.807) is 36.7 Å². The Kier molecular flexibility index (Phi) is 3.92. The van der Waals surface area contributed by atoms with E-state index in [2.05, 4.69) is 15.6 Å². The van der Waals surface area contributed by atoms with Crippen LogP contribution >= 0.6 is 0 Å². The zero-order valence-corrected chi connectivity index (χ0v) is 11.4. The average molecular weight is 285 g/mol. The monoisotopic (exact) mass is 285 g/mol. The van der Waals surface area contributed by atoms with Gasteiger partial charge in [0, 0.05) is 24.3 Å². The third-order valence-corrected chi connectivity index (χ3v) is 3.60. The molecule has 2 N–H and O–H groups in total. The number of anilines is 1. The van der Waals surface area contributed by atoms with Crippen LogP contribution < -0.4 is 10.6 Å². The number of carbonyl (C=O) groups excluding carboxylic acids is 1. The van der Waals surface area contributed by atoms with Gasteiger partial charge in [-0.05, 0) is 36.2 Å². The summed E-state index contributed by atoms with van der Waals surface area (Å²) in [6.07, 6.45) is 3.12. The van der Waals surface area contributed by atoms with E-state index in [0.29, 0.717) is 24.2 Å². The number of halogens is 1. The van der Waals surface area contributed by atoms with Gasteiger partial charge < -0.3 is 10.6 Å². The molecule has 0 bridgehead atoms. The highest BCUT2D eigenvalue weighted by atomic mass is 19.1. The van der Waals surface area contributed by atoms with Crippen LogP contribution in [-0.2, 0) is 6.42 Å². The molecular weight excluding hydrogens is 269 g/mol. The van der Waals surface area contributed by atoms with Gasteiger partial charge >= 0.3 is 0 Å². The van der Waals surface area contributed by atoms with Crippen molar-refractivity contribution in [2.45, 2.75) is 18.6 Å². The second-order valence-electron chi connectivity index (χ2n) is 5.13. The van der Waals surface area contributed by atoms with Crippen LogP contribution in [0.2, 0.25) is 0 Å². The minimum Gasteiger partial charge on any atom is -0.321 e. The van der Waals surface area contributed by atoms with E-state index in [1.807, 2.05) is 12.1 Å². The standard InChI is InChI=1S/C16H16FN3O/c17-14-10-19-15(14)8-11-3-5-12(6-4-11)16(21)20-13-2-1-7-18-9-13/h1-7,9,14-15,19H,8,10H2,(H,20,21). The maximum absolute atomic E-state index is 13.2. The molecule has 0 saturated carbocycles. The number of hydrogen-bond donors (Lipinski definition) is 2. The molecule has 0 spiro atoms. The number of alkyl halides is 1. The highest BCUT2D eigenvalue weighted by Crippen LogP contribution is 2.16. The van der Waals surface area contributed by atoms with Crippen molar-refractivity contribution in [3.63, 3.8) is 0 Å². The van der Waals surface area contributed by atoms with Gasteiger partial charge in [0.2, 0.25) is 0 Å². The molecule has 1 aromatic carbocycles. The molecule has 0 radical (unpaired) electrons. The van der Waals surface area contributed by atoms with E-state index in [9.17, 15) is 9.18 Å². The first kappa shape index (κ1) is 13.7. The zero-order valence-electron chi connectivity index (χ0n) is 11.4. The molecule has 0 aliphatic carbocycles. The van der Waals surface area contributed by atoms with Crippen LogP contribution in [0.1, 0.15) is 15.9 Å². The average Bonchev–Trinajstić information content (AvgIpc) is 2.52. The van der Waals surface area contributed by atoms with Crippen LogP contribution in [0.15, 0.2) is 48.8 Å². The molecule has 1 aliphatic heterocycles. The maximum Gasteiger partial charge on any atom is 0.255 e. The van der Waals surface area contributed by atoms with Crippen LogP contribution in [0.3, 0.4) is 0 Å². The summed E-state index contributed by atoms with van der Waals surface area (Å²) in [5.74, 6) is -0.181. The Morgan fingerprint density at radius 3 is 2.71 bits per heavy atom. The van der Waals surface area contributed by atoms with Crippen molar-refractivity contribution in [2.75, 3.05) is 11.9 Å². The lowest BCUT2D eigenvalue weighted by Gasteiger charge is -2.32. The third kappa shape index (κ3) is 3.25. The van der Waals surface area contributed by atoms with E-state index < -0.39 is 6.17 Å². The molecule has 1 fully saturated rings. The molecule has 21 heavy (non-hydrogen) atoms. The molecule has 1 aromatic heterocycles. The van der Waals surface area contributed by atoms with E-state index in [0.717, 1.165) is 5.56 Å². The van der Waals surface area contributed by atoms with Crippen LogP contribution in [0.4, 0.5) is 10.1 Å². The molecule has 2 aromatic rings. The topological polar surface area (TPSA) is 54.0 Å². The van der Waals surface area contributed by atoms with Crippen molar-refractivity contribution < 1.29 is 9.18 Å². The summed E-state index contributed by atoms with van der Waals surface area (Å²) in [5, 5.41) is 5.83. The van der Waals surface area contributed by atoms with Gasteiger partial charge in [0.05, 0.1) is 11.9 Å². The number of benzene rings is 1. The van der Waals surface area contributed by atoms with Gasteiger partial charge in [-0.2, -0.15) is 0 Å². The Morgan fingerprint density at radius 2 is 2.14 bits per heavy atom. The normalized spacial score (nSPS) is 20.6. The lowest BCUT2D eigenvalue weighted by molar-refractivity contribution is 0.102. The highest BCUT2D eigenvalue weighted by molar-refractivity contribution is 6.04. The van der Waals surface area contributed by atoms with Crippen LogP contribution in [0.25, 0.3) is 0 Å². The molecular formula is C16H16FN3O. The van der Waals surface area contributed by atoms with E-state index in [4.69, 9.17) is 0 Å². The predicted molar refractivity (Wildman–Crippen MR) is 79.0 cm³/mol. The number of pyridine rings is 1. The van der Waals surface area contributed by atoms with Gasteiger partial charge in [0.25, 0.3) is 5.91 Å². The SMILES string of the molecule is O=C(Nc1cccnc1)c1ccc(CC2NCC2F)cc1. The molecule has 3 rings (SSSR count). The summed E-state index contributed by atoms with van der Waals surface area (Å²) in [6.45, 7) is 0.441. The number of amides is 1. The van der Waals surface area contributed by atoms with Crippen molar-refractivity contribution in [1.29, 1.82) is 0 Å². The lowest BCUT2D eigenvalue weighted by Crippen LogP contribution is -2.55. The first-order valence-electron chi connectivity index (χ1n) is 6.90. The Hall–Kier alpha value is -2.27. The van der Waals surface area contributed by atoms with Gasteiger partial charge in [-0.15, -0.1) is 0 Å². The molecule has 2 atom stereocenters.